The van der Waals surface area contributed by atoms with Crippen molar-refractivity contribution in [3.63, 3.8) is 0 Å². The first-order valence-electron chi connectivity index (χ1n) is 6.91. The molecule has 2 aliphatic rings. The summed E-state index contributed by atoms with van der Waals surface area (Å²) in [4.78, 5) is 2.50. The summed E-state index contributed by atoms with van der Waals surface area (Å²) in [6.07, 6.45) is -0.672. The zero-order valence-electron chi connectivity index (χ0n) is 11.0. The molecule has 1 saturated heterocycles. The Morgan fingerprint density at radius 3 is 2.60 bits per heavy atom. The molecule has 0 aromatic carbocycles. The Kier molecular flexibility index (Phi) is 3.54. The van der Waals surface area contributed by atoms with Gasteiger partial charge >= 0.3 is 6.18 Å². The molecule has 3 rings (SSSR count). The van der Waals surface area contributed by atoms with Crippen molar-refractivity contribution in [1.82, 2.24) is 15.1 Å². The van der Waals surface area contributed by atoms with Crippen molar-refractivity contribution in [2.75, 3.05) is 25.0 Å². The first-order chi connectivity index (χ1) is 9.52. The molecule has 2 fully saturated rings. The monoisotopic (exact) mass is 286 g/mol. The van der Waals surface area contributed by atoms with Gasteiger partial charge in [-0.3, -0.25) is 0 Å². The summed E-state index contributed by atoms with van der Waals surface area (Å²) in [5, 5.41) is 9.86. The fourth-order valence-corrected chi connectivity index (χ4v) is 2.63. The molecule has 1 aliphatic carbocycles. The molecular weight excluding hydrogens is 269 g/mol. The van der Waals surface area contributed by atoms with Gasteiger partial charge in [0.1, 0.15) is 5.82 Å². The van der Waals surface area contributed by atoms with Crippen molar-refractivity contribution >= 4 is 5.82 Å². The highest BCUT2D eigenvalue weighted by molar-refractivity contribution is 5.33. The predicted molar refractivity (Wildman–Crippen MR) is 68.2 cm³/mol. The van der Waals surface area contributed by atoms with Gasteiger partial charge in [0.15, 0.2) is 5.69 Å². The Balaban J connectivity index is 1.48. The maximum absolute atomic E-state index is 12.3. The predicted octanol–water partition coefficient (Wildman–Crippen LogP) is 2.39. The molecule has 1 atom stereocenters. The molecule has 1 aromatic rings. The summed E-state index contributed by atoms with van der Waals surface area (Å²) in [7, 11) is 0. The Morgan fingerprint density at radius 1 is 1.20 bits per heavy atom. The Hall–Kier alpha value is -1.37. The molecule has 0 amide bonds. The molecule has 0 radical (unpaired) electrons. The third kappa shape index (κ3) is 3.20. The van der Waals surface area contributed by atoms with Crippen molar-refractivity contribution in [2.45, 2.75) is 31.5 Å². The highest BCUT2D eigenvalue weighted by atomic mass is 19.4. The van der Waals surface area contributed by atoms with Gasteiger partial charge in [-0.2, -0.15) is 13.2 Å². The molecule has 7 heteroatoms. The number of alkyl halides is 3. The van der Waals surface area contributed by atoms with Crippen LogP contribution in [0, 0.1) is 5.92 Å². The van der Waals surface area contributed by atoms with E-state index in [-0.39, 0.29) is 0 Å². The van der Waals surface area contributed by atoms with E-state index in [1.807, 2.05) is 0 Å². The molecule has 0 spiro atoms. The van der Waals surface area contributed by atoms with Crippen LogP contribution < -0.4 is 5.32 Å². The Bertz CT molecular complexity index is 456. The van der Waals surface area contributed by atoms with Gasteiger partial charge in [0, 0.05) is 19.1 Å². The van der Waals surface area contributed by atoms with E-state index in [0.29, 0.717) is 11.7 Å². The lowest BCUT2D eigenvalue weighted by atomic mass is 10.1. The summed E-state index contributed by atoms with van der Waals surface area (Å²) in [6, 6.07) is 3.08. The lowest BCUT2D eigenvalue weighted by molar-refractivity contribution is -0.141. The van der Waals surface area contributed by atoms with E-state index < -0.39 is 11.9 Å². The minimum absolute atomic E-state index is 0.405. The van der Waals surface area contributed by atoms with Gasteiger partial charge in [-0.15, -0.1) is 10.2 Å². The summed E-state index contributed by atoms with van der Waals surface area (Å²) in [5.41, 5.74) is -0.955. The third-order valence-electron chi connectivity index (χ3n) is 3.91. The molecule has 2 heterocycles. The summed E-state index contributed by atoms with van der Waals surface area (Å²) >= 11 is 0. The minimum atomic E-state index is -4.43. The summed E-state index contributed by atoms with van der Waals surface area (Å²) in [6.45, 7) is 2.95. The van der Waals surface area contributed by atoms with Crippen LogP contribution in [0.25, 0.3) is 0 Å². The maximum atomic E-state index is 12.3. The van der Waals surface area contributed by atoms with Crippen LogP contribution in [0.5, 0.6) is 0 Å². The number of rotatable bonds is 4. The lowest BCUT2D eigenvalue weighted by Crippen LogP contribution is -2.25. The van der Waals surface area contributed by atoms with E-state index in [2.05, 4.69) is 20.4 Å². The van der Waals surface area contributed by atoms with Crippen LogP contribution in [0.1, 0.15) is 25.0 Å². The number of anilines is 1. The molecule has 4 nitrogen and oxygen atoms in total. The molecule has 1 N–H and O–H groups in total. The van der Waals surface area contributed by atoms with E-state index in [1.54, 1.807) is 0 Å². The second kappa shape index (κ2) is 5.20. The molecule has 0 bridgehead atoms. The topological polar surface area (TPSA) is 41.0 Å². The molecule has 110 valence electrons. The second-order valence-electron chi connectivity index (χ2n) is 5.56. The van der Waals surface area contributed by atoms with Gasteiger partial charge < -0.3 is 10.2 Å². The van der Waals surface area contributed by atoms with Gasteiger partial charge in [-0.25, -0.2) is 0 Å². The van der Waals surface area contributed by atoms with E-state index >= 15 is 0 Å². The normalized spacial score (nSPS) is 24.1. The molecule has 20 heavy (non-hydrogen) atoms. The van der Waals surface area contributed by atoms with E-state index in [1.165, 1.54) is 18.9 Å². The number of nitrogens with zero attached hydrogens (tertiary/aromatic N) is 3. The summed E-state index contributed by atoms with van der Waals surface area (Å²) < 4.78 is 37.0. The van der Waals surface area contributed by atoms with Crippen molar-refractivity contribution in [3.05, 3.63) is 17.8 Å². The second-order valence-corrected chi connectivity index (χ2v) is 5.56. The lowest BCUT2D eigenvalue weighted by Gasteiger charge is -2.15. The van der Waals surface area contributed by atoms with Crippen molar-refractivity contribution < 1.29 is 13.2 Å². The average Bonchev–Trinajstić information content (AvgIpc) is 3.15. The number of nitrogens with one attached hydrogen (secondary N) is 1. The van der Waals surface area contributed by atoms with Gasteiger partial charge in [-0.1, -0.05) is 0 Å². The first-order valence-corrected chi connectivity index (χ1v) is 6.91. The zero-order valence-corrected chi connectivity index (χ0v) is 11.0. The Labute approximate surface area is 115 Å². The fourth-order valence-electron chi connectivity index (χ4n) is 2.63. The van der Waals surface area contributed by atoms with Gasteiger partial charge in [0.05, 0.1) is 0 Å². The van der Waals surface area contributed by atoms with Gasteiger partial charge in [0.25, 0.3) is 0 Å². The number of aromatic nitrogens is 2. The highest BCUT2D eigenvalue weighted by Crippen LogP contribution is 2.31. The summed E-state index contributed by atoms with van der Waals surface area (Å²) in [5.74, 6) is 0.947. The van der Waals surface area contributed by atoms with Crippen LogP contribution in [0.3, 0.4) is 0 Å². The maximum Gasteiger partial charge on any atom is 0.435 e. The molecule has 1 aromatic heterocycles. The van der Waals surface area contributed by atoms with E-state index in [4.69, 9.17) is 0 Å². The first kappa shape index (κ1) is 13.6. The standard InChI is InChI=1S/C13H17F3N4/c14-13(15,16)11-3-4-12(19-18-11)17-7-9-5-6-20(8-9)10-1-2-10/h3-4,9-10H,1-2,5-8H2,(H,17,19). The molecular formula is C13H17F3N4. The van der Waals surface area contributed by atoms with Gasteiger partial charge in [-0.05, 0) is 43.9 Å². The zero-order chi connectivity index (χ0) is 14.2. The van der Waals surface area contributed by atoms with Crippen molar-refractivity contribution in [3.8, 4) is 0 Å². The highest BCUT2D eigenvalue weighted by Gasteiger charge is 2.34. The fraction of sp³-hybridized carbons (Fsp3) is 0.692. The Morgan fingerprint density at radius 2 is 2.00 bits per heavy atom. The number of hydrogen-bond acceptors (Lipinski definition) is 4. The van der Waals surface area contributed by atoms with Crippen LogP contribution in [0.2, 0.25) is 0 Å². The molecule has 1 aliphatic heterocycles. The van der Waals surface area contributed by atoms with Crippen LogP contribution in [-0.2, 0) is 6.18 Å². The number of likely N-dealkylation sites (tertiary alicyclic amines) is 1. The van der Waals surface area contributed by atoms with Crippen LogP contribution in [0.15, 0.2) is 12.1 Å². The van der Waals surface area contributed by atoms with Crippen LogP contribution in [-0.4, -0.2) is 40.8 Å². The van der Waals surface area contributed by atoms with Crippen LogP contribution >= 0.6 is 0 Å². The molecule has 1 unspecified atom stereocenters. The van der Waals surface area contributed by atoms with Crippen molar-refractivity contribution in [2.24, 2.45) is 5.92 Å². The minimum Gasteiger partial charge on any atom is -0.368 e. The van der Waals surface area contributed by atoms with E-state index in [9.17, 15) is 13.2 Å². The largest absolute Gasteiger partial charge is 0.435 e. The third-order valence-corrected chi connectivity index (χ3v) is 3.91. The van der Waals surface area contributed by atoms with E-state index in [0.717, 1.165) is 38.2 Å². The molecule has 1 saturated carbocycles. The number of halogens is 3. The van der Waals surface area contributed by atoms with Crippen molar-refractivity contribution in [1.29, 1.82) is 0 Å². The smallest absolute Gasteiger partial charge is 0.368 e. The SMILES string of the molecule is FC(F)(F)c1ccc(NCC2CCN(C3CC3)C2)nn1. The van der Waals surface area contributed by atoms with Gasteiger partial charge in [0.2, 0.25) is 0 Å². The van der Waals surface area contributed by atoms with Crippen LogP contribution in [0.4, 0.5) is 19.0 Å². The number of hydrogen-bond donors (Lipinski definition) is 1. The quantitative estimate of drug-likeness (QED) is 0.922. The average molecular weight is 286 g/mol.